The number of aromatic nitrogens is 2. The maximum atomic E-state index is 13.1. The van der Waals surface area contributed by atoms with Gasteiger partial charge in [0, 0.05) is 24.7 Å². The number of benzene rings is 2. The van der Waals surface area contributed by atoms with E-state index in [2.05, 4.69) is 10.4 Å². The standard InChI is InChI=1S/C19H19ClN4O4S/c1-23-17(11-18(25)22-23)21-19(26)13-24(12-14-5-3-2-4-6-14)29(27,28)16-9-7-15(20)8-10-16/h2-11H,12-13H2,1H3,(H,21,26)(H,22,25). The second-order valence-corrected chi connectivity index (χ2v) is 8.70. The fourth-order valence-electron chi connectivity index (χ4n) is 2.71. The fourth-order valence-corrected chi connectivity index (χ4v) is 4.22. The number of nitrogens with one attached hydrogen (secondary N) is 2. The molecule has 1 aromatic heterocycles. The van der Waals surface area contributed by atoms with Gasteiger partial charge in [0.25, 0.3) is 5.56 Å². The molecule has 0 radical (unpaired) electrons. The van der Waals surface area contributed by atoms with Gasteiger partial charge in [-0.3, -0.25) is 19.4 Å². The summed E-state index contributed by atoms with van der Waals surface area (Å²) in [5.74, 6) is -0.336. The molecule has 1 amide bonds. The number of anilines is 1. The zero-order valence-electron chi connectivity index (χ0n) is 15.5. The maximum Gasteiger partial charge on any atom is 0.266 e. The van der Waals surface area contributed by atoms with E-state index < -0.39 is 22.5 Å². The Balaban J connectivity index is 1.88. The number of hydrogen-bond donors (Lipinski definition) is 2. The Morgan fingerprint density at radius 1 is 1.14 bits per heavy atom. The minimum atomic E-state index is -3.97. The summed E-state index contributed by atoms with van der Waals surface area (Å²) in [6, 6.07) is 15.9. The van der Waals surface area contributed by atoms with Crippen LogP contribution in [0.3, 0.4) is 0 Å². The summed E-state index contributed by atoms with van der Waals surface area (Å²) in [5, 5.41) is 5.42. The lowest BCUT2D eigenvalue weighted by Gasteiger charge is -2.22. The van der Waals surface area contributed by atoms with Crippen molar-refractivity contribution in [1.29, 1.82) is 0 Å². The number of sulfonamides is 1. The zero-order valence-corrected chi connectivity index (χ0v) is 17.1. The topological polar surface area (TPSA) is 104 Å². The lowest BCUT2D eigenvalue weighted by Crippen LogP contribution is -2.37. The number of aromatic amines is 1. The monoisotopic (exact) mass is 434 g/mol. The van der Waals surface area contributed by atoms with Gasteiger partial charge in [0.2, 0.25) is 15.9 Å². The Morgan fingerprint density at radius 2 is 1.79 bits per heavy atom. The third kappa shape index (κ3) is 5.14. The predicted octanol–water partition coefficient (Wildman–Crippen LogP) is 2.20. The van der Waals surface area contributed by atoms with Crippen molar-refractivity contribution < 1.29 is 13.2 Å². The lowest BCUT2D eigenvalue weighted by atomic mass is 10.2. The highest BCUT2D eigenvalue weighted by molar-refractivity contribution is 7.89. The number of carbonyl (C=O) groups excluding carboxylic acids is 1. The van der Waals surface area contributed by atoms with E-state index in [1.807, 2.05) is 6.07 Å². The highest BCUT2D eigenvalue weighted by Gasteiger charge is 2.27. The Kier molecular flexibility index (Phi) is 6.21. The van der Waals surface area contributed by atoms with E-state index in [-0.39, 0.29) is 22.8 Å². The molecule has 0 fully saturated rings. The lowest BCUT2D eigenvalue weighted by molar-refractivity contribution is -0.116. The average Bonchev–Trinajstić information content (AvgIpc) is 2.99. The van der Waals surface area contributed by atoms with E-state index in [1.54, 1.807) is 31.3 Å². The third-order valence-corrected chi connectivity index (χ3v) is 6.21. The molecule has 29 heavy (non-hydrogen) atoms. The van der Waals surface area contributed by atoms with Crippen LogP contribution in [0.1, 0.15) is 5.56 Å². The molecular weight excluding hydrogens is 416 g/mol. The molecule has 1 heterocycles. The summed E-state index contributed by atoms with van der Waals surface area (Å²) in [7, 11) is -2.41. The van der Waals surface area contributed by atoms with Gasteiger partial charge in [-0.2, -0.15) is 4.31 Å². The van der Waals surface area contributed by atoms with Gasteiger partial charge in [0.05, 0.1) is 11.4 Å². The molecule has 0 aliphatic rings. The van der Waals surface area contributed by atoms with Gasteiger partial charge in [-0.25, -0.2) is 8.42 Å². The number of H-pyrrole nitrogens is 1. The van der Waals surface area contributed by atoms with Crippen LogP contribution in [0.4, 0.5) is 5.82 Å². The van der Waals surface area contributed by atoms with E-state index in [0.717, 1.165) is 9.87 Å². The fraction of sp³-hybridized carbons (Fsp3) is 0.158. The van der Waals surface area contributed by atoms with Crippen molar-refractivity contribution in [3.05, 3.63) is 81.6 Å². The largest absolute Gasteiger partial charge is 0.310 e. The van der Waals surface area contributed by atoms with Crippen LogP contribution in [-0.4, -0.2) is 35.0 Å². The molecule has 0 saturated carbocycles. The number of rotatable bonds is 7. The number of halogens is 1. The zero-order chi connectivity index (χ0) is 21.0. The van der Waals surface area contributed by atoms with E-state index >= 15 is 0 Å². The van der Waals surface area contributed by atoms with Gasteiger partial charge in [-0.05, 0) is 29.8 Å². The van der Waals surface area contributed by atoms with Crippen molar-refractivity contribution in [2.45, 2.75) is 11.4 Å². The molecule has 0 saturated heterocycles. The summed E-state index contributed by atoms with van der Waals surface area (Å²) in [6.07, 6.45) is 0. The minimum Gasteiger partial charge on any atom is -0.310 e. The number of carbonyl (C=O) groups is 1. The Hall–Kier alpha value is -2.88. The van der Waals surface area contributed by atoms with Crippen LogP contribution in [0.5, 0.6) is 0 Å². The van der Waals surface area contributed by atoms with E-state index in [4.69, 9.17) is 11.6 Å². The van der Waals surface area contributed by atoms with Gasteiger partial charge in [0.1, 0.15) is 5.82 Å². The van der Waals surface area contributed by atoms with E-state index in [0.29, 0.717) is 5.02 Å². The minimum absolute atomic E-state index is 0.00525. The van der Waals surface area contributed by atoms with Crippen molar-refractivity contribution in [1.82, 2.24) is 14.1 Å². The van der Waals surface area contributed by atoms with Crippen LogP contribution >= 0.6 is 11.6 Å². The molecule has 0 aliphatic carbocycles. The molecule has 2 aromatic carbocycles. The molecular formula is C19H19ClN4O4S. The highest BCUT2D eigenvalue weighted by atomic mass is 35.5. The van der Waals surface area contributed by atoms with Gasteiger partial charge in [-0.1, -0.05) is 41.9 Å². The van der Waals surface area contributed by atoms with Crippen molar-refractivity contribution in [3.8, 4) is 0 Å². The first-order valence-electron chi connectivity index (χ1n) is 8.61. The average molecular weight is 435 g/mol. The van der Waals surface area contributed by atoms with Crippen LogP contribution in [-0.2, 0) is 28.4 Å². The van der Waals surface area contributed by atoms with Crippen LogP contribution in [0.2, 0.25) is 5.02 Å². The molecule has 0 aliphatic heterocycles. The number of hydrogen-bond acceptors (Lipinski definition) is 4. The quantitative estimate of drug-likeness (QED) is 0.594. The Bertz CT molecular complexity index is 1150. The first-order valence-corrected chi connectivity index (χ1v) is 10.4. The highest BCUT2D eigenvalue weighted by Crippen LogP contribution is 2.20. The summed E-state index contributed by atoms with van der Waals surface area (Å²) in [6.45, 7) is -0.426. The second kappa shape index (κ2) is 8.64. The summed E-state index contributed by atoms with van der Waals surface area (Å²) in [4.78, 5) is 23.9. The molecule has 3 rings (SSSR count). The SMILES string of the molecule is Cn1[nH]c(=O)cc1NC(=O)CN(Cc1ccccc1)S(=O)(=O)c1ccc(Cl)cc1. The van der Waals surface area contributed by atoms with Crippen LogP contribution in [0, 0.1) is 0 Å². The van der Waals surface area contributed by atoms with Gasteiger partial charge < -0.3 is 5.32 Å². The van der Waals surface area contributed by atoms with Crippen molar-refractivity contribution in [2.75, 3.05) is 11.9 Å². The van der Waals surface area contributed by atoms with Crippen LogP contribution in [0.15, 0.2) is 70.4 Å². The number of amides is 1. The molecule has 0 atom stereocenters. The molecule has 0 spiro atoms. The first-order chi connectivity index (χ1) is 13.8. The normalized spacial score (nSPS) is 11.6. The molecule has 10 heteroatoms. The molecule has 8 nitrogen and oxygen atoms in total. The molecule has 2 N–H and O–H groups in total. The van der Waals surface area contributed by atoms with Crippen molar-refractivity contribution >= 4 is 33.3 Å². The van der Waals surface area contributed by atoms with E-state index in [1.165, 1.54) is 35.0 Å². The van der Waals surface area contributed by atoms with Gasteiger partial charge in [-0.15, -0.1) is 0 Å². The van der Waals surface area contributed by atoms with E-state index in [9.17, 15) is 18.0 Å². The Labute approximate surface area is 172 Å². The number of aryl methyl sites for hydroxylation is 1. The number of nitrogens with zero attached hydrogens (tertiary/aromatic N) is 2. The van der Waals surface area contributed by atoms with Crippen LogP contribution < -0.4 is 10.9 Å². The summed E-state index contributed by atoms with van der Waals surface area (Å²) >= 11 is 5.86. The van der Waals surface area contributed by atoms with Crippen molar-refractivity contribution in [2.24, 2.45) is 7.05 Å². The Morgan fingerprint density at radius 3 is 2.38 bits per heavy atom. The first kappa shape index (κ1) is 20.8. The predicted molar refractivity (Wildman–Crippen MR) is 110 cm³/mol. The second-order valence-electron chi connectivity index (χ2n) is 6.33. The third-order valence-electron chi connectivity index (χ3n) is 4.15. The molecule has 152 valence electrons. The van der Waals surface area contributed by atoms with Crippen molar-refractivity contribution in [3.63, 3.8) is 0 Å². The summed E-state index contributed by atoms with van der Waals surface area (Å²) in [5.41, 5.74) is 0.351. The molecule has 0 bridgehead atoms. The van der Waals surface area contributed by atoms with Crippen LogP contribution in [0.25, 0.3) is 0 Å². The molecule has 3 aromatic rings. The smallest absolute Gasteiger partial charge is 0.266 e. The molecule has 0 unspecified atom stereocenters. The summed E-state index contributed by atoms with van der Waals surface area (Å²) < 4.78 is 28.7. The van der Waals surface area contributed by atoms with Gasteiger partial charge in [0.15, 0.2) is 0 Å². The van der Waals surface area contributed by atoms with Gasteiger partial charge >= 0.3 is 0 Å². The maximum absolute atomic E-state index is 13.1.